The predicted octanol–water partition coefficient (Wildman–Crippen LogP) is 6.72. The van der Waals surface area contributed by atoms with Crippen LogP contribution in [0.2, 0.25) is 0 Å². The van der Waals surface area contributed by atoms with E-state index in [1.54, 1.807) is 12.1 Å². The molecule has 0 bridgehead atoms. The topological polar surface area (TPSA) is 82.7 Å². The Morgan fingerprint density at radius 3 is 2.31 bits per heavy atom. The summed E-state index contributed by atoms with van der Waals surface area (Å²) in [6.45, 7) is 2.67. The van der Waals surface area contributed by atoms with Gasteiger partial charge in [-0.1, -0.05) is 36.4 Å². The summed E-state index contributed by atoms with van der Waals surface area (Å²) in [5, 5.41) is 8.07. The standard InChI is InChI=1S/C32H35F3N4O3/c33-32(34,35)24-8-4-9-25(19-24)37-31(41)38-26-11-12-29(28(20-26)30(40)36-21-27-10-5-17-42-27)39-15-13-23(14-16-39)18-22-6-2-1-3-7-22/h1-4,6-9,11-12,19-20,23,27H,5,10,13-18,21H2,(H,36,40)(H2,37,38,41)/t27-/m1/s1. The predicted molar refractivity (Wildman–Crippen MR) is 157 cm³/mol. The van der Waals surface area contributed by atoms with Crippen molar-refractivity contribution in [2.45, 2.75) is 44.4 Å². The smallest absolute Gasteiger partial charge is 0.376 e. The summed E-state index contributed by atoms with van der Waals surface area (Å²) in [6, 6.07) is 19.3. The second-order valence-corrected chi connectivity index (χ2v) is 10.9. The first kappa shape index (κ1) is 29.4. The highest BCUT2D eigenvalue weighted by Crippen LogP contribution is 2.32. The molecule has 42 heavy (non-hydrogen) atoms. The number of anilines is 3. The minimum Gasteiger partial charge on any atom is -0.376 e. The number of nitrogens with one attached hydrogen (secondary N) is 3. The molecule has 0 saturated carbocycles. The van der Waals surface area contributed by atoms with Gasteiger partial charge in [-0.05, 0) is 80.0 Å². The van der Waals surface area contributed by atoms with Crippen molar-refractivity contribution in [2.24, 2.45) is 5.92 Å². The van der Waals surface area contributed by atoms with E-state index >= 15 is 0 Å². The molecule has 3 N–H and O–H groups in total. The van der Waals surface area contributed by atoms with Crippen molar-refractivity contribution in [2.75, 3.05) is 41.8 Å². The number of halogens is 3. The lowest BCUT2D eigenvalue weighted by Gasteiger charge is -2.35. The molecule has 3 aromatic rings. The number of carbonyl (C=O) groups excluding carboxylic acids is 2. The molecular formula is C32H35F3N4O3. The summed E-state index contributed by atoms with van der Waals surface area (Å²) >= 11 is 0. The van der Waals surface area contributed by atoms with E-state index in [4.69, 9.17) is 4.74 Å². The normalized spacial score (nSPS) is 17.6. The number of piperidine rings is 1. The Morgan fingerprint density at radius 2 is 1.62 bits per heavy atom. The van der Waals surface area contributed by atoms with Crippen molar-refractivity contribution in [3.63, 3.8) is 0 Å². The zero-order chi connectivity index (χ0) is 29.5. The molecule has 3 amide bonds. The molecule has 2 aliphatic heterocycles. The van der Waals surface area contributed by atoms with Gasteiger partial charge in [-0.3, -0.25) is 4.79 Å². The molecule has 0 radical (unpaired) electrons. The molecule has 0 aliphatic carbocycles. The third-order valence-corrected chi connectivity index (χ3v) is 7.78. The number of benzene rings is 3. The van der Waals surface area contributed by atoms with Crippen molar-refractivity contribution < 1.29 is 27.5 Å². The van der Waals surface area contributed by atoms with Crippen LogP contribution in [0, 0.1) is 5.92 Å². The number of hydrogen-bond donors (Lipinski definition) is 3. The third-order valence-electron chi connectivity index (χ3n) is 7.78. The van der Waals surface area contributed by atoms with Gasteiger partial charge in [0.05, 0.1) is 17.2 Å². The molecule has 3 aromatic carbocycles. The quantitative estimate of drug-likeness (QED) is 0.276. The lowest BCUT2D eigenvalue weighted by atomic mass is 9.89. The zero-order valence-electron chi connectivity index (χ0n) is 23.3. The van der Waals surface area contributed by atoms with Gasteiger partial charge in [0.2, 0.25) is 0 Å². The first-order chi connectivity index (χ1) is 20.2. The minimum atomic E-state index is -4.52. The van der Waals surface area contributed by atoms with Crippen LogP contribution in [0.25, 0.3) is 0 Å². The highest BCUT2D eigenvalue weighted by Gasteiger charge is 2.30. The van der Waals surface area contributed by atoms with Gasteiger partial charge in [-0.25, -0.2) is 4.79 Å². The van der Waals surface area contributed by atoms with Crippen LogP contribution in [0.4, 0.5) is 35.0 Å². The Bertz CT molecular complexity index is 1370. The van der Waals surface area contributed by atoms with Crippen LogP contribution in [0.5, 0.6) is 0 Å². The lowest BCUT2D eigenvalue weighted by Crippen LogP contribution is -2.37. The number of hydrogen-bond acceptors (Lipinski definition) is 4. The van der Waals surface area contributed by atoms with Gasteiger partial charge in [0, 0.05) is 43.3 Å². The lowest BCUT2D eigenvalue weighted by molar-refractivity contribution is -0.137. The first-order valence-corrected chi connectivity index (χ1v) is 14.3. The first-order valence-electron chi connectivity index (χ1n) is 14.3. The Labute approximate surface area is 243 Å². The maximum absolute atomic E-state index is 13.4. The fourth-order valence-electron chi connectivity index (χ4n) is 5.57. The summed E-state index contributed by atoms with van der Waals surface area (Å²) in [5.74, 6) is 0.287. The van der Waals surface area contributed by atoms with E-state index in [1.807, 2.05) is 12.1 Å². The molecule has 2 aliphatic rings. The van der Waals surface area contributed by atoms with Gasteiger partial charge in [-0.2, -0.15) is 13.2 Å². The minimum absolute atomic E-state index is 0.00634. The summed E-state index contributed by atoms with van der Waals surface area (Å²) < 4.78 is 44.8. The molecule has 2 fully saturated rings. The van der Waals surface area contributed by atoms with Crippen LogP contribution in [0.3, 0.4) is 0 Å². The second kappa shape index (κ2) is 13.3. The van der Waals surface area contributed by atoms with Gasteiger partial charge in [-0.15, -0.1) is 0 Å². The molecule has 0 spiro atoms. The van der Waals surface area contributed by atoms with Crippen LogP contribution in [-0.2, 0) is 17.3 Å². The molecule has 5 rings (SSSR count). The fraction of sp³-hybridized carbons (Fsp3) is 0.375. The van der Waals surface area contributed by atoms with Crippen LogP contribution >= 0.6 is 0 Å². The number of rotatable bonds is 8. The fourth-order valence-corrected chi connectivity index (χ4v) is 5.57. The third kappa shape index (κ3) is 7.82. The Hall–Kier alpha value is -4.05. The Kier molecular flexibility index (Phi) is 9.31. The largest absolute Gasteiger partial charge is 0.416 e. The van der Waals surface area contributed by atoms with E-state index < -0.39 is 17.8 Å². The van der Waals surface area contributed by atoms with Gasteiger partial charge in [0.25, 0.3) is 5.91 Å². The van der Waals surface area contributed by atoms with E-state index in [9.17, 15) is 22.8 Å². The number of amides is 3. The maximum Gasteiger partial charge on any atom is 0.416 e. The van der Waals surface area contributed by atoms with Gasteiger partial charge in [0.15, 0.2) is 0 Å². The number of nitrogens with zero attached hydrogens (tertiary/aromatic N) is 1. The molecule has 0 unspecified atom stereocenters. The van der Waals surface area contributed by atoms with E-state index in [2.05, 4.69) is 45.1 Å². The van der Waals surface area contributed by atoms with Gasteiger partial charge >= 0.3 is 12.2 Å². The zero-order valence-corrected chi connectivity index (χ0v) is 23.3. The average Bonchev–Trinajstić information content (AvgIpc) is 3.50. The monoisotopic (exact) mass is 580 g/mol. The van der Waals surface area contributed by atoms with Gasteiger partial charge < -0.3 is 25.6 Å². The second-order valence-electron chi connectivity index (χ2n) is 10.9. The molecule has 7 nitrogen and oxygen atoms in total. The van der Waals surface area contributed by atoms with Crippen LogP contribution < -0.4 is 20.9 Å². The molecule has 222 valence electrons. The number of alkyl halides is 3. The maximum atomic E-state index is 13.4. The van der Waals surface area contributed by atoms with Crippen molar-refractivity contribution in [1.82, 2.24) is 5.32 Å². The number of urea groups is 1. The molecule has 2 heterocycles. The van der Waals surface area contributed by atoms with Crippen molar-refractivity contribution in [1.29, 1.82) is 0 Å². The van der Waals surface area contributed by atoms with Crippen LogP contribution in [0.1, 0.15) is 47.2 Å². The molecular weight excluding hydrogens is 545 g/mol. The summed E-state index contributed by atoms with van der Waals surface area (Å²) in [5.41, 5.74) is 2.02. The summed E-state index contributed by atoms with van der Waals surface area (Å²) in [6.07, 6.45) is 0.310. The highest BCUT2D eigenvalue weighted by molar-refractivity contribution is 6.04. The molecule has 2 saturated heterocycles. The van der Waals surface area contributed by atoms with Crippen LogP contribution in [0.15, 0.2) is 72.8 Å². The number of ether oxygens (including phenoxy) is 1. The molecule has 10 heteroatoms. The van der Waals surface area contributed by atoms with E-state index in [-0.39, 0.29) is 17.7 Å². The number of carbonyl (C=O) groups is 2. The van der Waals surface area contributed by atoms with Crippen molar-refractivity contribution in [3.05, 3.63) is 89.5 Å². The summed E-state index contributed by atoms with van der Waals surface area (Å²) in [4.78, 5) is 28.3. The molecule has 0 aromatic heterocycles. The average molecular weight is 581 g/mol. The highest BCUT2D eigenvalue weighted by atomic mass is 19.4. The van der Waals surface area contributed by atoms with Crippen molar-refractivity contribution in [3.8, 4) is 0 Å². The Morgan fingerprint density at radius 1 is 0.881 bits per heavy atom. The summed E-state index contributed by atoms with van der Waals surface area (Å²) in [7, 11) is 0. The SMILES string of the molecule is O=C(Nc1cccc(C(F)(F)F)c1)Nc1ccc(N2CCC(Cc3ccccc3)CC2)c(C(=O)NC[C@H]2CCCO2)c1. The van der Waals surface area contributed by atoms with Crippen LogP contribution in [-0.4, -0.2) is 44.3 Å². The van der Waals surface area contributed by atoms with Crippen molar-refractivity contribution >= 4 is 29.0 Å². The molecule has 1 atom stereocenters. The van der Waals surface area contributed by atoms with E-state index in [0.29, 0.717) is 30.3 Å². The van der Waals surface area contributed by atoms with Gasteiger partial charge in [0.1, 0.15) is 0 Å². The van der Waals surface area contributed by atoms with E-state index in [1.165, 1.54) is 17.7 Å². The Balaban J connectivity index is 1.28. The van der Waals surface area contributed by atoms with E-state index in [0.717, 1.165) is 63.0 Å².